The molecule has 1 aromatic rings. The fourth-order valence-electron chi connectivity index (χ4n) is 2.77. The van der Waals surface area contributed by atoms with Crippen LogP contribution in [0, 0.1) is 17.7 Å². The maximum Gasteiger partial charge on any atom is 0.310 e. The highest BCUT2D eigenvalue weighted by atomic mass is 79.9. The topological polar surface area (TPSA) is 53.9 Å². The predicted molar refractivity (Wildman–Crippen MR) is 90.5 cm³/mol. The van der Waals surface area contributed by atoms with Crippen LogP contribution in [0.3, 0.4) is 0 Å². The summed E-state index contributed by atoms with van der Waals surface area (Å²) in [4.78, 5) is 18.0. The Morgan fingerprint density at radius 2 is 2.26 bits per heavy atom. The molecule has 0 spiro atoms. The maximum absolute atomic E-state index is 13.9. The number of aliphatic imine (C=N–C) groups is 1. The van der Waals surface area contributed by atoms with E-state index in [0.717, 1.165) is 0 Å². The molecule has 1 aromatic carbocycles. The first-order chi connectivity index (χ1) is 11.0. The smallest absolute Gasteiger partial charge is 0.310 e. The normalized spacial score (nSPS) is 21.4. The standard InChI is InChI=1S/C16H21BrFN3O2/c1-10-8-21(9-13(10)15(22)23-3)16(19-2)20-7-11-4-5-12(17)6-14(11)18/h4-6,10,13H,7-9H2,1-3H3,(H,19,20). The van der Waals surface area contributed by atoms with Crippen molar-refractivity contribution in [1.82, 2.24) is 10.2 Å². The zero-order chi connectivity index (χ0) is 17.0. The van der Waals surface area contributed by atoms with Gasteiger partial charge in [0.15, 0.2) is 5.96 Å². The molecule has 126 valence electrons. The minimum Gasteiger partial charge on any atom is -0.469 e. The van der Waals surface area contributed by atoms with Gasteiger partial charge in [0, 0.05) is 36.7 Å². The summed E-state index contributed by atoms with van der Waals surface area (Å²) in [5.74, 6) is 0.206. The molecular weight excluding hydrogens is 365 g/mol. The Morgan fingerprint density at radius 3 is 2.87 bits per heavy atom. The van der Waals surface area contributed by atoms with Gasteiger partial charge in [-0.2, -0.15) is 0 Å². The number of benzene rings is 1. The highest BCUT2D eigenvalue weighted by Gasteiger charge is 2.36. The molecule has 23 heavy (non-hydrogen) atoms. The van der Waals surface area contributed by atoms with Crippen molar-refractivity contribution in [3.63, 3.8) is 0 Å². The average molecular weight is 386 g/mol. The molecule has 7 heteroatoms. The summed E-state index contributed by atoms with van der Waals surface area (Å²) < 4.78 is 19.4. The van der Waals surface area contributed by atoms with E-state index in [1.54, 1.807) is 19.2 Å². The highest BCUT2D eigenvalue weighted by Crippen LogP contribution is 2.24. The molecule has 0 aliphatic carbocycles. The van der Waals surface area contributed by atoms with Crippen LogP contribution in [-0.4, -0.2) is 44.1 Å². The average Bonchev–Trinajstić information content (AvgIpc) is 2.90. The predicted octanol–water partition coefficient (Wildman–Crippen LogP) is 2.40. The molecule has 2 atom stereocenters. The lowest BCUT2D eigenvalue weighted by atomic mass is 9.99. The molecule has 2 unspecified atom stereocenters. The van der Waals surface area contributed by atoms with E-state index in [-0.39, 0.29) is 23.6 Å². The van der Waals surface area contributed by atoms with Gasteiger partial charge in [0.25, 0.3) is 0 Å². The molecule has 1 N–H and O–H groups in total. The monoisotopic (exact) mass is 385 g/mol. The van der Waals surface area contributed by atoms with Crippen LogP contribution < -0.4 is 5.32 Å². The minimum absolute atomic E-state index is 0.164. The second-order valence-electron chi connectivity index (χ2n) is 5.65. The van der Waals surface area contributed by atoms with E-state index in [1.807, 2.05) is 11.8 Å². The molecule has 1 fully saturated rings. The molecule has 1 heterocycles. The van der Waals surface area contributed by atoms with Crippen LogP contribution in [0.15, 0.2) is 27.7 Å². The Kier molecular flexibility index (Phi) is 5.98. The zero-order valence-corrected chi connectivity index (χ0v) is 15.1. The first-order valence-electron chi connectivity index (χ1n) is 7.43. The van der Waals surface area contributed by atoms with Crippen molar-refractivity contribution in [1.29, 1.82) is 0 Å². The van der Waals surface area contributed by atoms with Crippen LogP contribution in [0.4, 0.5) is 4.39 Å². The van der Waals surface area contributed by atoms with Crippen molar-refractivity contribution >= 4 is 27.9 Å². The summed E-state index contributed by atoms with van der Waals surface area (Å²) in [5, 5.41) is 3.15. The molecule has 1 saturated heterocycles. The molecule has 1 aliphatic heterocycles. The van der Waals surface area contributed by atoms with Crippen molar-refractivity contribution in [2.24, 2.45) is 16.8 Å². The van der Waals surface area contributed by atoms with Crippen LogP contribution >= 0.6 is 15.9 Å². The lowest BCUT2D eigenvalue weighted by Gasteiger charge is -2.21. The largest absolute Gasteiger partial charge is 0.469 e. The molecule has 0 amide bonds. The number of nitrogens with zero attached hydrogens (tertiary/aromatic N) is 2. The lowest BCUT2D eigenvalue weighted by molar-refractivity contribution is -0.145. The number of hydrogen-bond acceptors (Lipinski definition) is 3. The number of carbonyl (C=O) groups excluding carboxylic acids is 1. The maximum atomic E-state index is 13.9. The molecule has 2 rings (SSSR count). The Labute approximate surface area is 144 Å². The van der Waals surface area contributed by atoms with Crippen LogP contribution in [0.5, 0.6) is 0 Å². The summed E-state index contributed by atoms with van der Waals surface area (Å²) in [6.45, 7) is 3.61. The summed E-state index contributed by atoms with van der Waals surface area (Å²) in [6, 6.07) is 4.96. The molecule has 0 aromatic heterocycles. The number of nitrogens with one attached hydrogen (secondary N) is 1. The lowest BCUT2D eigenvalue weighted by Crippen LogP contribution is -2.40. The van der Waals surface area contributed by atoms with Gasteiger partial charge in [0.2, 0.25) is 0 Å². The van der Waals surface area contributed by atoms with Crippen LogP contribution in [-0.2, 0) is 16.1 Å². The first kappa shape index (κ1) is 17.7. The Morgan fingerprint density at radius 1 is 1.52 bits per heavy atom. The van der Waals surface area contributed by atoms with Gasteiger partial charge in [-0.3, -0.25) is 9.79 Å². The van der Waals surface area contributed by atoms with Crippen LogP contribution in [0.25, 0.3) is 0 Å². The number of halogens is 2. The number of hydrogen-bond donors (Lipinski definition) is 1. The summed E-state index contributed by atoms with van der Waals surface area (Å²) in [7, 11) is 3.08. The minimum atomic E-state index is -0.274. The highest BCUT2D eigenvalue weighted by molar-refractivity contribution is 9.10. The third-order valence-corrected chi connectivity index (χ3v) is 4.57. The van der Waals surface area contributed by atoms with E-state index in [9.17, 15) is 9.18 Å². The van der Waals surface area contributed by atoms with Gasteiger partial charge in [-0.1, -0.05) is 28.9 Å². The van der Waals surface area contributed by atoms with Crippen molar-refractivity contribution in [3.8, 4) is 0 Å². The SMILES string of the molecule is CN=C(NCc1ccc(Br)cc1F)N1CC(C)C(C(=O)OC)C1. The van der Waals surface area contributed by atoms with Crippen molar-refractivity contribution < 1.29 is 13.9 Å². The molecule has 1 aliphatic rings. The fraction of sp³-hybridized carbons (Fsp3) is 0.500. The van der Waals surface area contributed by atoms with Gasteiger partial charge in [0.1, 0.15) is 5.82 Å². The van der Waals surface area contributed by atoms with E-state index < -0.39 is 0 Å². The van der Waals surface area contributed by atoms with Gasteiger partial charge < -0.3 is 15.0 Å². The second kappa shape index (κ2) is 7.77. The van der Waals surface area contributed by atoms with Gasteiger partial charge in [-0.15, -0.1) is 0 Å². The Balaban J connectivity index is 2.00. The van der Waals surface area contributed by atoms with E-state index in [1.165, 1.54) is 13.2 Å². The number of guanidine groups is 1. The molecule has 5 nitrogen and oxygen atoms in total. The van der Waals surface area contributed by atoms with Gasteiger partial charge in [-0.25, -0.2) is 4.39 Å². The molecule has 0 radical (unpaired) electrons. The van der Waals surface area contributed by atoms with Crippen molar-refractivity contribution in [3.05, 3.63) is 34.1 Å². The quantitative estimate of drug-likeness (QED) is 0.493. The van der Waals surface area contributed by atoms with Crippen molar-refractivity contribution in [2.75, 3.05) is 27.2 Å². The number of carbonyl (C=O) groups is 1. The summed E-state index contributed by atoms with van der Waals surface area (Å²) in [6.07, 6.45) is 0. The number of methoxy groups -OCH3 is 1. The van der Waals surface area contributed by atoms with Gasteiger partial charge in [-0.05, 0) is 18.1 Å². The summed E-state index contributed by atoms with van der Waals surface area (Å²) >= 11 is 3.24. The molecular formula is C16H21BrFN3O2. The number of likely N-dealkylation sites (tertiary alicyclic amines) is 1. The van der Waals surface area contributed by atoms with Crippen LogP contribution in [0.1, 0.15) is 12.5 Å². The molecule has 0 saturated carbocycles. The van der Waals surface area contributed by atoms with Gasteiger partial charge in [0.05, 0.1) is 13.0 Å². The van der Waals surface area contributed by atoms with Crippen LogP contribution in [0.2, 0.25) is 0 Å². The second-order valence-corrected chi connectivity index (χ2v) is 6.56. The van der Waals surface area contributed by atoms with E-state index >= 15 is 0 Å². The van der Waals surface area contributed by atoms with Gasteiger partial charge >= 0.3 is 5.97 Å². The Hall–Kier alpha value is -1.63. The number of ether oxygens (including phenoxy) is 1. The molecule has 0 bridgehead atoms. The van der Waals surface area contributed by atoms with E-state index in [0.29, 0.717) is 35.6 Å². The third-order valence-electron chi connectivity index (χ3n) is 4.08. The van der Waals surface area contributed by atoms with Crippen molar-refractivity contribution in [2.45, 2.75) is 13.5 Å². The van der Waals surface area contributed by atoms with E-state index in [4.69, 9.17) is 4.74 Å². The fourth-order valence-corrected chi connectivity index (χ4v) is 3.10. The first-order valence-corrected chi connectivity index (χ1v) is 8.23. The summed E-state index contributed by atoms with van der Waals surface area (Å²) in [5.41, 5.74) is 0.561. The van der Waals surface area contributed by atoms with E-state index in [2.05, 4.69) is 26.2 Å². The zero-order valence-electron chi connectivity index (χ0n) is 13.5. The Bertz CT molecular complexity index is 609. The number of esters is 1. The third kappa shape index (κ3) is 4.22. The number of rotatable bonds is 3.